The summed E-state index contributed by atoms with van der Waals surface area (Å²) < 4.78 is 12.1. The highest BCUT2D eigenvalue weighted by Gasteiger charge is 2.65. The van der Waals surface area contributed by atoms with Crippen LogP contribution in [0, 0.1) is 28.6 Å². The zero-order valence-electron chi connectivity index (χ0n) is 16.5. The largest absolute Gasteiger partial charge is 0.462 e. The normalized spacial score (nSPS) is 51.8. The van der Waals surface area contributed by atoms with Crippen molar-refractivity contribution in [3.63, 3.8) is 0 Å². The molecular formula is C21H34O6. The van der Waals surface area contributed by atoms with E-state index < -0.39 is 11.5 Å². The molecule has 0 aromatic carbocycles. The van der Waals surface area contributed by atoms with Crippen LogP contribution in [0.15, 0.2) is 0 Å². The van der Waals surface area contributed by atoms with Crippen LogP contribution >= 0.6 is 0 Å². The number of carbonyl (C=O) groups is 1. The zero-order chi connectivity index (χ0) is 19.4. The van der Waals surface area contributed by atoms with Crippen molar-refractivity contribution < 1.29 is 29.6 Å². The summed E-state index contributed by atoms with van der Waals surface area (Å²) in [5.74, 6) is 0.0607. The first-order chi connectivity index (χ1) is 12.9. The van der Waals surface area contributed by atoms with Crippen LogP contribution in [0.5, 0.6) is 0 Å². The molecule has 0 spiro atoms. The molecule has 27 heavy (non-hydrogen) atoms. The van der Waals surface area contributed by atoms with Gasteiger partial charge in [0.1, 0.15) is 6.10 Å². The lowest BCUT2D eigenvalue weighted by molar-refractivity contribution is -0.262. The molecule has 4 aliphatic rings. The summed E-state index contributed by atoms with van der Waals surface area (Å²) in [6.07, 6.45) is 3.77. The molecule has 0 bridgehead atoms. The minimum Gasteiger partial charge on any atom is -0.462 e. The molecule has 0 amide bonds. The Hall–Kier alpha value is -0.690. The Kier molecular flexibility index (Phi) is 5.07. The van der Waals surface area contributed by atoms with E-state index in [9.17, 15) is 20.1 Å². The van der Waals surface area contributed by atoms with E-state index in [2.05, 4.69) is 6.92 Å². The zero-order valence-corrected chi connectivity index (χ0v) is 16.5. The maximum atomic E-state index is 11.9. The summed E-state index contributed by atoms with van der Waals surface area (Å²) in [4.78, 5) is 11.9. The maximum Gasteiger partial charge on any atom is 0.305 e. The third-order valence-electron chi connectivity index (χ3n) is 8.45. The molecule has 1 aliphatic heterocycles. The van der Waals surface area contributed by atoms with E-state index in [1.807, 2.05) is 0 Å². The molecule has 6 nitrogen and oxygen atoms in total. The second-order valence-corrected chi connectivity index (χ2v) is 9.65. The first-order valence-corrected chi connectivity index (χ1v) is 10.6. The van der Waals surface area contributed by atoms with E-state index in [1.54, 1.807) is 6.92 Å². The van der Waals surface area contributed by atoms with Crippen molar-refractivity contribution >= 4 is 5.97 Å². The molecule has 9 atom stereocenters. The van der Waals surface area contributed by atoms with Crippen LogP contribution in [0.1, 0.15) is 58.8 Å². The van der Waals surface area contributed by atoms with Crippen LogP contribution in [-0.2, 0) is 14.3 Å². The summed E-state index contributed by atoms with van der Waals surface area (Å²) in [7, 11) is 0. The fraction of sp³-hybridized carbons (Fsp3) is 0.952. The van der Waals surface area contributed by atoms with Gasteiger partial charge >= 0.3 is 5.97 Å². The summed E-state index contributed by atoms with van der Waals surface area (Å²) in [6.45, 7) is 4.31. The van der Waals surface area contributed by atoms with Crippen molar-refractivity contribution in [2.45, 2.75) is 83.2 Å². The third-order valence-corrected chi connectivity index (χ3v) is 8.45. The Morgan fingerprint density at radius 1 is 1.22 bits per heavy atom. The number of fused-ring (bicyclic) bond motifs is 5. The molecule has 1 heterocycles. The smallest absolute Gasteiger partial charge is 0.305 e. The Bertz CT molecular complexity index is 581. The average Bonchev–Trinajstić information content (AvgIpc) is 3.02. The SMILES string of the molecule is CCC(=O)O[C@H]1CCC2C3C(O)CC4C[C@@H](O)CC[C@]4(C)C3OC[C@@]21CO. The van der Waals surface area contributed by atoms with Gasteiger partial charge in [-0.05, 0) is 55.8 Å². The molecule has 5 unspecified atom stereocenters. The lowest BCUT2D eigenvalue weighted by Crippen LogP contribution is -2.65. The van der Waals surface area contributed by atoms with E-state index in [4.69, 9.17) is 9.47 Å². The molecule has 154 valence electrons. The van der Waals surface area contributed by atoms with Gasteiger partial charge in [-0.1, -0.05) is 13.8 Å². The minimum absolute atomic E-state index is 0.0484. The van der Waals surface area contributed by atoms with Crippen LogP contribution in [-0.4, -0.2) is 58.9 Å². The Labute approximate surface area is 161 Å². The summed E-state index contributed by atoms with van der Waals surface area (Å²) in [5, 5.41) is 31.5. The standard InChI is InChI=1S/C21H34O6/c1-3-17(25)27-16-5-4-14-18-15(24)9-12-8-13(23)6-7-20(12,2)19(18)26-11-21(14,16)10-22/h12-16,18-19,22-24H,3-11H2,1-2H3/t12?,13-,14?,15?,16-,18?,19?,20-,21-/m0/s1. The van der Waals surface area contributed by atoms with E-state index in [-0.39, 0.29) is 54.1 Å². The maximum absolute atomic E-state index is 11.9. The van der Waals surface area contributed by atoms with Gasteiger partial charge in [-0.25, -0.2) is 0 Å². The highest BCUT2D eigenvalue weighted by Crippen LogP contribution is 2.62. The van der Waals surface area contributed by atoms with Gasteiger partial charge < -0.3 is 24.8 Å². The van der Waals surface area contributed by atoms with E-state index in [0.717, 1.165) is 32.1 Å². The first-order valence-electron chi connectivity index (χ1n) is 10.6. The molecule has 4 rings (SSSR count). The van der Waals surface area contributed by atoms with Gasteiger partial charge in [0.25, 0.3) is 0 Å². The number of aliphatic hydroxyl groups excluding tert-OH is 3. The average molecular weight is 382 g/mol. The number of rotatable bonds is 3. The number of esters is 1. The predicted molar refractivity (Wildman–Crippen MR) is 97.7 cm³/mol. The van der Waals surface area contributed by atoms with Crippen molar-refractivity contribution in [3.05, 3.63) is 0 Å². The van der Waals surface area contributed by atoms with Gasteiger partial charge in [-0.3, -0.25) is 4.79 Å². The molecular weight excluding hydrogens is 348 g/mol. The van der Waals surface area contributed by atoms with Crippen LogP contribution in [0.2, 0.25) is 0 Å². The quantitative estimate of drug-likeness (QED) is 0.642. The van der Waals surface area contributed by atoms with E-state index in [1.165, 1.54) is 0 Å². The highest BCUT2D eigenvalue weighted by atomic mass is 16.6. The molecule has 6 heteroatoms. The van der Waals surface area contributed by atoms with Gasteiger partial charge in [-0.2, -0.15) is 0 Å². The summed E-state index contributed by atoms with van der Waals surface area (Å²) in [6, 6.07) is 0. The summed E-state index contributed by atoms with van der Waals surface area (Å²) in [5.41, 5.74) is -0.659. The second-order valence-electron chi connectivity index (χ2n) is 9.65. The van der Waals surface area contributed by atoms with Crippen molar-refractivity contribution in [2.75, 3.05) is 13.2 Å². The van der Waals surface area contributed by atoms with Crippen molar-refractivity contribution in [2.24, 2.45) is 28.6 Å². The Morgan fingerprint density at radius 2 is 2.00 bits per heavy atom. The van der Waals surface area contributed by atoms with Crippen molar-refractivity contribution in [1.29, 1.82) is 0 Å². The summed E-state index contributed by atoms with van der Waals surface area (Å²) >= 11 is 0. The highest BCUT2D eigenvalue weighted by molar-refractivity contribution is 5.69. The lowest BCUT2D eigenvalue weighted by Gasteiger charge is -2.61. The van der Waals surface area contributed by atoms with Gasteiger partial charge in [0.05, 0.1) is 36.9 Å². The first kappa shape index (κ1) is 19.6. The Morgan fingerprint density at radius 3 is 2.70 bits per heavy atom. The molecule has 3 aliphatic carbocycles. The van der Waals surface area contributed by atoms with Gasteiger partial charge in [-0.15, -0.1) is 0 Å². The number of aliphatic hydroxyl groups is 3. The molecule has 0 radical (unpaired) electrons. The predicted octanol–water partition coefficient (Wildman–Crippen LogP) is 1.64. The minimum atomic E-state index is -0.607. The second kappa shape index (κ2) is 6.97. The van der Waals surface area contributed by atoms with Gasteiger partial charge in [0.2, 0.25) is 0 Å². The topological polar surface area (TPSA) is 96.2 Å². The molecule has 0 aromatic rings. The van der Waals surface area contributed by atoms with Gasteiger partial charge in [0.15, 0.2) is 0 Å². The van der Waals surface area contributed by atoms with E-state index >= 15 is 0 Å². The van der Waals surface area contributed by atoms with Crippen molar-refractivity contribution in [3.8, 4) is 0 Å². The molecule has 3 N–H and O–H groups in total. The van der Waals surface area contributed by atoms with Crippen LogP contribution in [0.25, 0.3) is 0 Å². The van der Waals surface area contributed by atoms with Crippen molar-refractivity contribution in [1.82, 2.24) is 0 Å². The number of hydrogen-bond donors (Lipinski definition) is 3. The molecule has 1 saturated heterocycles. The number of hydrogen-bond acceptors (Lipinski definition) is 6. The molecule has 0 aromatic heterocycles. The monoisotopic (exact) mass is 382 g/mol. The van der Waals surface area contributed by atoms with E-state index in [0.29, 0.717) is 19.4 Å². The molecule has 3 saturated carbocycles. The fourth-order valence-electron chi connectivity index (χ4n) is 6.86. The van der Waals surface area contributed by atoms with Gasteiger partial charge in [0, 0.05) is 12.3 Å². The Balaban J connectivity index is 1.62. The van der Waals surface area contributed by atoms with Crippen LogP contribution in [0.4, 0.5) is 0 Å². The third kappa shape index (κ3) is 2.86. The number of ether oxygens (including phenoxy) is 2. The number of carbonyl (C=O) groups excluding carboxylic acids is 1. The lowest BCUT2D eigenvalue weighted by atomic mass is 9.50. The fourth-order valence-corrected chi connectivity index (χ4v) is 6.86. The van der Waals surface area contributed by atoms with Crippen LogP contribution < -0.4 is 0 Å². The van der Waals surface area contributed by atoms with Crippen LogP contribution in [0.3, 0.4) is 0 Å². The molecule has 4 fully saturated rings.